The Bertz CT molecular complexity index is 5980. The molecule has 0 saturated carbocycles. The van der Waals surface area contributed by atoms with Crippen molar-refractivity contribution in [1.29, 1.82) is 0 Å². The van der Waals surface area contributed by atoms with Crippen LogP contribution in [0.1, 0.15) is 205 Å². The molecule has 0 aliphatic carbocycles. The number of carbonyl (C=O) groups is 2. The summed E-state index contributed by atoms with van der Waals surface area (Å²) in [6.07, 6.45) is 7.90. The molecule has 5 aromatic carbocycles. The van der Waals surface area contributed by atoms with Gasteiger partial charge in [-0.3, -0.25) is 14.4 Å². The molecule has 7 fully saturated rings. The summed E-state index contributed by atoms with van der Waals surface area (Å²) in [5.74, 6) is -3.13. The number of unbranched alkanes of at least 4 members (excludes halogenated alkanes) is 1. The number of ether oxygens (including phenoxy) is 10. The first kappa shape index (κ1) is 124. The molecule has 2 N–H and O–H groups in total. The molecule has 11 aromatic rings. The van der Waals surface area contributed by atoms with E-state index in [0.29, 0.717) is 81.4 Å². The fourth-order valence-corrected chi connectivity index (χ4v) is 20.0. The molecule has 18 rings (SSSR count). The van der Waals surface area contributed by atoms with Crippen LogP contribution in [0, 0.1) is 13.0 Å². The molecule has 0 unspecified atom stereocenters. The van der Waals surface area contributed by atoms with E-state index in [-0.39, 0.29) is 80.1 Å². The first-order valence-corrected chi connectivity index (χ1v) is 56.7. The van der Waals surface area contributed by atoms with Gasteiger partial charge < -0.3 is 87.1 Å². The second kappa shape index (κ2) is 53.6. The van der Waals surface area contributed by atoms with Crippen molar-refractivity contribution >= 4 is 186 Å². The van der Waals surface area contributed by atoms with Crippen molar-refractivity contribution in [3.05, 3.63) is 248 Å². The number of ketones is 1. The van der Waals surface area contributed by atoms with Gasteiger partial charge in [-0.05, 0) is 210 Å². The van der Waals surface area contributed by atoms with E-state index in [4.69, 9.17) is 159 Å². The van der Waals surface area contributed by atoms with Crippen molar-refractivity contribution in [2.75, 3.05) is 27.4 Å². The molecule has 13 heterocycles. The van der Waals surface area contributed by atoms with E-state index in [2.05, 4.69) is 163 Å². The van der Waals surface area contributed by atoms with Crippen molar-refractivity contribution in [3.63, 3.8) is 0 Å². The summed E-state index contributed by atoms with van der Waals surface area (Å²) in [6.45, 7) is 45.4. The average molecular weight is 2280 g/mol. The number of aromatic nitrogens is 9. The molecule has 41 heteroatoms. The average Bonchev–Trinajstić information content (AvgIpc) is 1.58. The van der Waals surface area contributed by atoms with Gasteiger partial charge in [0.15, 0.2) is 70.7 Å². The van der Waals surface area contributed by atoms with Gasteiger partial charge in [-0.25, -0.2) is 35.0 Å². The maximum absolute atomic E-state index is 14.1. The fourth-order valence-electron chi connectivity index (χ4n) is 15.7. The Hall–Kier alpha value is -4.59. The number of hydrogen-bond acceptors (Lipinski definition) is 23. The Kier molecular flexibility index (Phi) is 46.3. The second-order valence-corrected chi connectivity index (χ2v) is 53.1. The largest absolute Gasteiger partial charge is 1.00 e. The summed E-state index contributed by atoms with van der Waals surface area (Å²) >= 11 is 55.3. The van der Waals surface area contributed by atoms with Crippen LogP contribution in [0.2, 0.25) is 76.8 Å². The van der Waals surface area contributed by atoms with Gasteiger partial charge in [0.25, 0.3) is 5.91 Å². The number of amides is 1. The molecule has 7 saturated heterocycles. The minimum Gasteiger partial charge on any atom is -0.413 e. The van der Waals surface area contributed by atoms with E-state index in [1.54, 1.807) is 67.1 Å². The van der Waals surface area contributed by atoms with E-state index < -0.39 is 114 Å². The van der Waals surface area contributed by atoms with E-state index >= 15 is 0 Å². The van der Waals surface area contributed by atoms with E-state index in [9.17, 15) is 14.7 Å². The van der Waals surface area contributed by atoms with E-state index in [1.165, 1.54) is 63.5 Å². The third-order valence-corrected chi connectivity index (χ3v) is 37.8. The zero-order chi connectivity index (χ0) is 103. The molecule has 7 aliphatic heterocycles. The second-order valence-electron chi connectivity index (χ2n) is 38.6. The molecule has 1 amide bonds. The van der Waals surface area contributed by atoms with Crippen LogP contribution < -0.4 is 37.7 Å². The normalized spacial score (nSPS) is 22.1. The molecule has 0 radical (unpaired) electrons. The van der Waals surface area contributed by atoms with Crippen LogP contribution in [0.4, 0.5) is 0 Å². The maximum Gasteiger partial charge on any atom is 1.00 e. The van der Waals surface area contributed by atoms with Crippen molar-refractivity contribution in [2.24, 2.45) is 0 Å². The van der Waals surface area contributed by atoms with Crippen LogP contribution in [0.15, 0.2) is 156 Å². The van der Waals surface area contributed by atoms with Crippen LogP contribution in [0.3, 0.4) is 0 Å². The van der Waals surface area contributed by atoms with Gasteiger partial charge in [0.05, 0.1) is 43.1 Å². The number of carbonyl (C=O) groups excluding carboxylic acids is 2. The number of halogens is 10. The van der Waals surface area contributed by atoms with Crippen molar-refractivity contribution in [2.45, 2.75) is 303 Å². The SMILES string of the molecule is C.C1CCOC1.CC1(C)O[C@@H]2[C@H](O1)[C@@H](C(=O)c1ccc(Cl)cc1CO[Si](C)(C)C(C)(C)C)O[C@H]2n1ccc2c(Cl)ncnc21.CC1(C)O[C@H]2[C@@H](O1)[C@H](n1ccc3c(Cl)ncnc31)O[C@@H]2[C@H](O)c1ccc(Cl)cc1CO[Si](C)(C)C(C)(C)C.CCc1[c-]ccc(Cl)c1.CCc1cc(Cl)ccc1Br.CON(C)C(=O)[C@H]1O[C@@H](n2ccc3c(Cl)ncnc32)[C@@H]2OC(C)(C)O[C@@H]21.OCc1cc(Cl)ccc1Br.[CH2-]CCC.[Li+].[Li+]. The summed E-state index contributed by atoms with van der Waals surface area (Å²) in [5.41, 5.74) is 7.76. The first-order valence-electron chi connectivity index (χ1n) is 46.3. The zero-order valence-electron chi connectivity index (χ0n) is 84.6. The predicted molar refractivity (Wildman–Crippen MR) is 567 cm³/mol. The molecule has 6 aromatic heterocycles. The predicted octanol–water partition coefficient (Wildman–Crippen LogP) is 20.5. The number of likely N-dealkylation sites (N-methyl/N-ethyl adjacent to an activating group) is 1. The Labute approximate surface area is 923 Å². The standard InChI is InChI=1S/C27H35Cl2N3O5Si.C27H33Cl2N3O5Si.C16H19ClN4O5.C8H8BrCl.C8H8Cl.C7H6BrClO.C4H8O.C4H9.CH4.2Li/c2*1-26(2,3)38(6,7)34-13-15-12-16(28)8-9-17(15)19(33)20-21-22(37-27(4,5)36-21)25(35-20)32-11-10-18-23(29)30-14-31-24(18)32;1-16(2)25-9-10(14(22)20(3)23-4)24-15(11(9)26-16)21-6-5-8-12(17)18-7-19-13(8)21;1-2-6-5-7(10)3-4-8(6)9;1-2-7-4-3-5-8(9)6-7;8-7-2-1-6(9)3-5(7)4-10;1-2-4-5-3-1;1-3-4-2;;;/h8-12,14,19-22,25,33H,13H2,1-7H3;8-12,14,20-22,25H,13H2,1-7H3;5-7,9-11,15H,1-4H3;3-5H,2H2,1H3;3,5-6H,2H2,1H3;1-3,10H,4H2;1-4H2;1,3-4H2,2H3;1H4;;/q;;;;-1;;;-1;;2*+1/t19-,20-,21-,22-,25-;20-,21-,22-,25-;9-,10+,11-,15-;;;;;;;;/m111......../s1. The minimum atomic E-state index is -2.07. The van der Waals surface area contributed by atoms with Crippen LogP contribution in [0.5, 0.6) is 0 Å². The molecule has 143 heavy (non-hydrogen) atoms. The smallest absolute Gasteiger partial charge is 0.413 e. The van der Waals surface area contributed by atoms with Crippen molar-refractivity contribution in [1.82, 2.24) is 48.7 Å². The Morgan fingerprint density at radius 1 is 0.531 bits per heavy atom. The molecule has 13 atom stereocenters. The number of hydrogen-bond donors (Lipinski definition) is 2. The van der Waals surface area contributed by atoms with E-state index in [1.807, 2.05) is 116 Å². The number of fused-ring (bicyclic) bond motifs is 6. The maximum atomic E-state index is 14.1. The third kappa shape index (κ3) is 31.1. The van der Waals surface area contributed by atoms with E-state index in [0.717, 1.165) is 73.2 Å². The van der Waals surface area contributed by atoms with Gasteiger partial charge >= 0.3 is 37.7 Å². The van der Waals surface area contributed by atoms with Gasteiger partial charge in [0, 0.05) is 73.5 Å². The number of Topliss-reactive ketones (excluding diaryl/α,β-unsaturated/α-hetero) is 1. The fraction of sp³-hybridized carbons (Fsp3) is 0.500. The Balaban J connectivity index is 0.000000221. The minimum absolute atomic E-state index is 0. The number of aliphatic hydroxyl groups excluding tert-OH is 2. The van der Waals surface area contributed by atoms with Gasteiger partial charge in [-0.15, -0.1) is 17.7 Å². The van der Waals surface area contributed by atoms with Gasteiger partial charge in [-0.1, -0.05) is 207 Å². The van der Waals surface area contributed by atoms with Crippen molar-refractivity contribution < 1.29 is 119 Å². The molecule has 7 aliphatic rings. The van der Waals surface area contributed by atoms with Gasteiger partial charge in [0.1, 0.15) is 100 Å². The monoisotopic (exact) mass is 2270 g/mol. The first-order chi connectivity index (χ1) is 65.9. The van der Waals surface area contributed by atoms with Crippen LogP contribution in [-0.2, 0) is 98.5 Å². The third-order valence-electron chi connectivity index (χ3n) is 25.2. The summed E-state index contributed by atoms with van der Waals surface area (Å²) < 4.78 is 81.3. The topological polar surface area (TPSA) is 290 Å². The van der Waals surface area contributed by atoms with Gasteiger partial charge in [-0.2, -0.15) is 30.2 Å². The summed E-state index contributed by atoms with van der Waals surface area (Å²) in [4.78, 5) is 56.9. The number of aliphatic hydroxyl groups is 2. The molecule has 27 nitrogen and oxygen atoms in total. The number of benzene rings is 5. The van der Waals surface area contributed by atoms with Crippen LogP contribution in [0.25, 0.3) is 33.1 Å². The molecular formula is C102H130Br2Cl8Li2N10O17Si2. The molecule has 0 bridgehead atoms. The number of aryl methyl sites for hydroxylation is 2. The number of nitrogens with zero attached hydrogens (tertiary/aromatic N) is 10. The van der Waals surface area contributed by atoms with Crippen LogP contribution in [-0.4, -0.2) is 187 Å². The molecule has 770 valence electrons. The number of hydroxylamine groups is 2. The Morgan fingerprint density at radius 3 is 1.30 bits per heavy atom. The zero-order valence-corrected chi connectivity index (χ0v) is 95.8. The molecule has 0 spiro atoms. The number of rotatable bonds is 19. The summed E-state index contributed by atoms with van der Waals surface area (Å²) in [5, 5.41) is 28.2. The quantitative estimate of drug-likeness (QED) is 0.0250. The Morgan fingerprint density at radius 2 is 0.909 bits per heavy atom. The van der Waals surface area contributed by atoms with Crippen molar-refractivity contribution in [3.8, 4) is 0 Å². The summed E-state index contributed by atoms with van der Waals surface area (Å²) in [6, 6.07) is 36.0. The molecular weight excluding hydrogens is 2150 g/mol. The van der Waals surface area contributed by atoms with Crippen LogP contribution >= 0.6 is 125 Å². The van der Waals surface area contributed by atoms with Gasteiger partial charge in [0.2, 0.25) is 0 Å². The summed E-state index contributed by atoms with van der Waals surface area (Å²) in [7, 11) is -1.18.